The molecule has 0 radical (unpaired) electrons. The van der Waals surface area contributed by atoms with E-state index in [2.05, 4.69) is 20.8 Å². The van der Waals surface area contributed by atoms with Crippen LogP contribution in [0.5, 0.6) is 0 Å². The lowest BCUT2D eigenvalue weighted by Gasteiger charge is -2.26. The van der Waals surface area contributed by atoms with Gasteiger partial charge in [0.1, 0.15) is 0 Å². The van der Waals surface area contributed by atoms with Gasteiger partial charge in [0, 0.05) is 0 Å². The minimum Gasteiger partial charge on any atom is -0.479 e. The van der Waals surface area contributed by atoms with Gasteiger partial charge >= 0.3 is 5.97 Å². The fraction of sp³-hybridized carbons (Fsp3) is 0.923. The Morgan fingerprint density at radius 1 is 1.35 bits per heavy atom. The second-order valence-electron chi connectivity index (χ2n) is 5.77. The fourth-order valence-electron chi connectivity index (χ4n) is 1.78. The van der Waals surface area contributed by atoms with Crippen LogP contribution in [0.4, 0.5) is 0 Å². The van der Waals surface area contributed by atoms with Crippen molar-refractivity contribution in [2.75, 3.05) is 6.61 Å². The number of hydrogen-bond acceptors (Lipinski definition) is 3. The highest BCUT2D eigenvalue weighted by atomic mass is 17.2. The smallest absolute Gasteiger partial charge is 0.336 e. The molecule has 0 heterocycles. The van der Waals surface area contributed by atoms with Gasteiger partial charge in [-0.15, -0.1) is 0 Å². The second kappa shape index (κ2) is 7.67. The van der Waals surface area contributed by atoms with E-state index in [-0.39, 0.29) is 11.3 Å². The standard InChI is InChI=1S/C13H26O4/c1-6-7-8-16-17-11(12(14)15)10(2)9-13(3,4)5/h10-11H,6-9H2,1-5H3,(H,14,15). The number of carboxylic acids is 1. The lowest BCUT2D eigenvalue weighted by molar-refractivity contribution is -0.328. The molecular weight excluding hydrogens is 220 g/mol. The molecule has 0 aromatic carbocycles. The Balaban J connectivity index is 4.18. The van der Waals surface area contributed by atoms with E-state index in [1.54, 1.807) is 0 Å². The van der Waals surface area contributed by atoms with Crippen molar-refractivity contribution < 1.29 is 19.7 Å². The molecule has 0 aliphatic heterocycles. The van der Waals surface area contributed by atoms with Crippen LogP contribution in [-0.2, 0) is 14.6 Å². The topological polar surface area (TPSA) is 55.8 Å². The third kappa shape index (κ3) is 8.16. The van der Waals surface area contributed by atoms with E-state index in [1.807, 2.05) is 13.8 Å². The molecule has 2 atom stereocenters. The van der Waals surface area contributed by atoms with Crippen LogP contribution < -0.4 is 0 Å². The molecule has 0 saturated carbocycles. The maximum atomic E-state index is 11.1. The predicted molar refractivity (Wildman–Crippen MR) is 66.6 cm³/mol. The van der Waals surface area contributed by atoms with E-state index in [0.717, 1.165) is 19.3 Å². The fourth-order valence-corrected chi connectivity index (χ4v) is 1.78. The van der Waals surface area contributed by atoms with E-state index in [1.165, 1.54) is 0 Å². The molecule has 4 heteroatoms. The molecular formula is C13H26O4. The summed E-state index contributed by atoms with van der Waals surface area (Å²) in [5, 5.41) is 9.09. The number of carboxylic acid groups (broad SMARTS) is 1. The molecule has 0 rings (SSSR count). The third-order valence-corrected chi connectivity index (χ3v) is 2.45. The molecule has 102 valence electrons. The van der Waals surface area contributed by atoms with Crippen LogP contribution in [-0.4, -0.2) is 23.8 Å². The first-order chi connectivity index (χ1) is 7.78. The molecule has 0 aromatic rings. The van der Waals surface area contributed by atoms with Crippen LogP contribution in [0.3, 0.4) is 0 Å². The van der Waals surface area contributed by atoms with Gasteiger partial charge in [-0.2, -0.15) is 0 Å². The van der Waals surface area contributed by atoms with Gasteiger partial charge in [0.25, 0.3) is 0 Å². The van der Waals surface area contributed by atoms with Crippen molar-refractivity contribution >= 4 is 5.97 Å². The molecule has 4 nitrogen and oxygen atoms in total. The molecule has 1 N–H and O–H groups in total. The molecule has 17 heavy (non-hydrogen) atoms. The lowest BCUT2D eigenvalue weighted by atomic mass is 9.83. The van der Waals surface area contributed by atoms with Gasteiger partial charge in [-0.1, -0.05) is 41.0 Å². The van der Waals surface area contributed by atoms with Gasteiger partial charge in [0.15, 0.2) is 6.10 Å². The number of hydrogen-bond donors (Lipinski definition) is 1. The zero-order valence-electron chi connectivity index (χ0n) is 11.7. The molecule has 0 fully saturated rings. The van der Waals surface area contributed by atoms with Gasteiger partial charge in [-0.3, -0.25) is 0 Å². The minimum atomic E-state index is -0.960. The summed E-state index contributed by atoms with van der Waals surface area (Å²) in [6.07, 6.45) is 1.77. The first-order valence-electron chi connectivity index (χ1n) is 6.29. The van der Waals surface area contributed by atoms with Crippen molar-refractivity contribution in [2.45, 2.75) is 60.0 Å². The van der Waals surface area contributed by atoms with Crippen molar-refractivity contribution in [1.29, 1.82) is 0 Å². The summed E-state index contributed by atoms with van der Waals surface area (Å²) >= 11 is 0. The van der Waals surface area contributed by atoms with Gasteiger partial charge in [-0.05, 0) is 24.2 Å². The van der Waals surface area contributed by atoms with Crippen LogP contribution in [0.25, 0.3) is 0 Å². The SMILES string of the molecule is CCCCOOC(C(=O)O)C(C)CC(C)(C)C. The van der Waals surface area contributed by atoms with Crippen molar-refractivity contribution in [1.82, 2.24) is 0 Å². The maximum absolute atomic E-state index is 11.1. The zero-order valence-corrected chi connectivity index (χ0v) is 11.7. The highest BCUT2D eigenvalue weighted by Crippen LogP contribution is 2.27. The van der Waals surface area contributed by atoms with Gasteiger partial charge < -0.3 is 5.11 Å². The van der Waals surface area contributed by atoms with Crippen molar-refractivity contribution in [3.05, 3.63) is 0 Å². The first-order valence-corrected chi connectivity index (χ1v) is 6.29. The van der Waals surface area contributed by atoms with Crippen LogP contribution in [0.2, 0.25) is 0 Å². The van der Waals surface area contributed by atoms with E-state index in [9.17, 15) is 4.79 Å². The van der Waals surface area contributed by atoms with Crippen molar-refractivity contribution in [2.24, 2.45) is 11.3 Å². The number of aliphatic carboxylic acids is 1. The lowest BCUT2D eigenvalue weighted by Crippen LogP contribution is -2.33. The van der Waals surface area contributed by atoms with Gasteiger partial charge in [0.05, 0.1) is 6.61 Å². The highest BCUT2D eigenvalue weighted by molar-refractivity contribution is 5.72. The summed E-state index contributed by atoms with van der Waals surface area (Å²) in [5.74, 6) is -1.03. The monoisotopic (exact) mass is 246 g/mol. The van der Waals surface area contributed by atoms with Crippen molar-refractivity contribution in [3.63, 3.8) is 0 Å². The minimum absolute atomic E-state index is 0.0749. The van der Waals surface area contributed by atoms with E-state index in [0.29, 0.717) is 6.61 Å². The molecule has 0 aliphatic carbocycles. The van der Waals surface area contributed by atoms with Crippen LogP contribution in [0.1, 0.15) is 53.9 Å². The zero-order chi connectivity index (χ0) is 13.5. The van der Waals surface area contributed by atoms with Crippen molar-refractivity contribution in [3.8, 4) is 0 Å². The van der Waals surface area contributed by atoms with Crippen LogP contribution in [0, 0.1) is 11.3 Å². The molecule has 0 saturated heterocycles. The Morgan fingerprint density at radius 3 is 2.35 bits per heavy atom. The van der Waals surface area contributed by atoms with E-state index >= 15 is 0 Å². The van der Waals surface area contributed by atoms with Crippen LogP contribution in [0.15, 0.2) is 0 Å². The molecule has 0 aliphatic rings. The average molecular weight is 246 g/mol. The highest BCUT2D eigenvalue weighted by Gasteiger charge is 2.30. The number of carbonyl (C=O) groups is 1. The Hall–Kier alpha value is -0.610. The molecule has 0 amide bonds. The summed E-state index contributed by atoms with van der Waals surface area (Å²) in [7, 11) is 0. The summed E-state index contributed by atoms with van der Waals surface area (Å²) < 4.78 is 0. The first kappa shape index (κ1) is 16.4. The predicted octanol–water partition coefficient (Wildman–Crippen LogP) is 3.26. The van der Waals surface area contributed by atoms with Crippen LogP contribution >= 0.6 is 0 Å². The third-order valence-electron chi connectivity index (χ3n) is 2.45. The largest absolute Gasteiger partial charge is 0.479 e. The number of unbranched alkanes of at least 4 members (excludes halogenated alkanes) is 1. The maximum Gasteiger partial charge on any atom is 0.336 e. The van der Waals surface area contributed by atoms with Gasteiger partial charge in [0.2, 0.25) is 0 Å². The normalized spacial score (nSPS) is 15.6. The van der Waals surface area contributed by atoms with Gasteiger partial charge in [-0.25, -0.2) is 14.6 Å². The molecule has 0 aromatic heterocycles. The Kier molecular flexibility index (Phi) is 7.39. The molecule has 0 spiro atoms. The second-order valence-corrected chi connectivity index (χ2v) is 5.77. The summed E-state index contributed by atoms with van der Waals surface area (Å²) in [6, 6.07) is 0. The summed E-state index contributed by atoms with van der Waals surface area (Å²) in [5.41, 5.74) is 0.0832. The quantitative estimate of drug-likeness (QED) is 0.406. The van der Waals surface area contributed by atoms with E-state index < -0.39 is 12.1 Å². The average Bonchev–Trinajstić information content (AvgIpc) is 2.14. The summed E-state index contributed by atoms with van der Waals surface area (Å²) in [4.78, 5) is 21.1. The van der Waals surface area contributed by atoms with E-state index in [4.69, 9.17) is 14.9 Å². The molecule has 0 bridgehead atoms. The Labute approximate surface area is 104 Å². The Bertz CT molecular complexity index is 220. The number of rotatable bonds is 8. The Morgan fingerprint density at radius 2 is 1.94 bits per heavy atom. The summed E-state index contributed by atoms with van der Waals surface area (Å²) in [6.45, 7) is 10.6. The molecule has 2 unspecified atom stereocenters.